The molecule has 3 aromatic rings. The number of hydrogen-bond acceptors (Lipinski definition) is 11. The highest BCUT2D eigenvalue weighted by Gasteiger charge is 2.45. The largest absolute Gasteiger partial charge is 0.387 e. The van der Waals surface area contributed by atoms with Crippen molar-refractivity contribution >= 4 is 21.5 Å². The molecule has 0 amide bonds. The van der Waals surface area contributed by atoms with Crippen LogP contribution < -0.4 is 5.14 Å². The molecule has 0 saturated carbocycles. The van der Waals surface area contributed by atoms with Crippen LogP contribution in [-0.2, 0) is 19.2 Å². The SMILES string of the molecule is Cc1noc(C)c1-c1ncnc2c1ncn2[C@@H]1O[C@H](COS(N)(=O)=O)[C@@H](O)[C@H]1O. The second-order valence-electron chi connectivity index (χ2n) is 6.57. The summed E-state index contributed by atoms with van der Waals surface area (Å²) in [4.78, 5) is 12.8. The predicted molar refractivity (Wildman–Crippen MR) is 95.3 cm³/mol. The van der Waals surface area contributed by atoms with Crippen molar-refractivity contribution in [1.29, 1.82) is 0 Å². The number of rotatable bonds is 5. The third-order valence-corrected chi connectivity index (χ3v) is 5.10. The molecule has 0 spiro atoms. The Hall–Kier alpha value is -2.49. The summed E-state index contributed by atoms with van der Waals surface area (Å²) in [5.41, 5.74) is 2.54. The zero-order valence-electron chi connectivity index (χ0n) is 15.3. The molecule has 14 heteroatoms. The van der Waals surface area contributed by atoms with E-state index in [1.165, 1.54) is 17.2 Å². The number of aliphatic hydroxyl groups excluding tert-OH is 2. The molecular weight excluding hydrogens is 408 g/mol. The lowest BCUT2D eigenvalue weighted by Gasteiger charge is -2.16. The highest BCUT2D eigenvalue weighted by Crippen LogP contribution is 2.34. The molecule has 29 heavy (non-hydrogen) atoms. The maximum Gasteiger partial charge on any atom is 0.333 e. The van der Waals surface area contributed by atoms with Crippen molar-refractivity contribution in [2.45, 2.75) is 38.4 Å². The van der Waals surface area contributed by atoms with Crippen LogP contribution in [0.2, 0.25) is 0 Å². The fourth-order valence-corrected chi connectivity index (χ4v) is 3.62. The Bertz CT molecular complexity index is 1140. The Morgan fingerprint density at radius 3 is 2.66 bits per heavy atom. The number of aryl methyl sites for hydroxylation is 2. The molecule has 0 aliphatic carbocycles. The fourth-order valence-electron chi connectivity index (χ4n) is 3.30. The van der Waals surface area contributed by atoms with E-state index < -0.39 is 41.5 Å². The first-order valence-corrected chi connectivity index (χ1v) is 9.94. The van der Waals surface area contributed by atoms with E-state index in [1.807, 2.05) is 0 Å². The van der Waals surface area contributed by atoms with Crippen molar-refractivity contribution in [3.8, 4) is 11.3 Å². The van der Waals surface area contributed by atoms with Crippen LogP contribution in [0.3, 0.4) is 0 Å². The second kappa shape index (κ2) is 7.08. The summed E-state index contributed by atoms with van der Waals surface area (Å²) in [5, 5.41) is 29.3. The van der Waals surface area contributed by atoms with Gasteiger partial charge in [0.05, 0.1) is 24.2 Å². The normalized spacial score (nSPS) is 25.1. The standard InChI is InChI=1S/C15H18N6O7S/c1-6-9(7(2)28-20-6)10-11-14(18-4-17-10)21(5-19-11)15-13(23)12(22)8(27-15)3-26-29(16,24)25/h4-5,8,12-13,15,22-23H,3H2,1-2H3,(H2,16,24,25)/t8-,12-,13-,15-/m1/s1. The smallest absolute Gasteiger partial charge is 0.333 e. The van der Waals surface area contributed by atoms with Gasteiger partial charge in [-0.15, -0.1) is 0 Å². The van der Waals surface area contributed by atoms with Gasteiger partial charge in [-0.05, 0) is 13.8 Å². The number of fused-ring (bicyclic) bond motifs is 1. The molecule has 1 fully saturated rings. The zero-order chi connectivity index (χ0) is 20.9. The third-order valence-electron chi connectivity index (χ3n) is 4.64. The minimum Gasteiger partial charge on any atom is -0.387 e. The van der Waals surface area contributed by atoms with E-state index in [1.54, 1.807) is 13.8 Å². The summed E-state index contributed by atoms with van der Waals surface area (Å²) in [6, 6.07) is 0. The molecule has 13 nitrogen and oxygen atoms in total. The first-order chi connectivity index (χ1) is 13.7. The fraction of sp³-hybridized carbons (Fsp3) is 0.467. The molecule has 156 valence electrons. The number of ether oxygens (including phenoxy) is 1. The van der Waals surface area contributed by atoms with Crippen LogP contribution >= 0.6 is 0 Å². The van der Waals surface area contributed by atoms with Gasteiger partial charge in [0, 0.05) is 0 Å². The average molecular weight is 426 g/mol. The number of aliphatic hydroxyl groups is 2. The van der Waals surface area contributed by atoms with Gasteiger partial charge in [0.1, 0.15) is 41.6 Å². The van der Waals surface area contributed by atoms with Crippen LogP contribution in [0.1, 0.15) is 17.7 Å². The third kappa shape index (κ3) is 3.50. The van der Waals surface area contributed by atoms with Crippen molar-refractivity contribution in [3.05, 3.63) is 24.1 Å². The summed E-state index contributed by atoms with van der Waals surface area (Å²) in [7, 11) is -4.22. The van der Waals surface area contributed by atoms with Gasteiger partial charge in [-0.3, -0.25) is 8.75 Å². The molecule has 3 aromatic heterocycles. The van der Waals surface area contributed by atoms with Crippen molar-refractivity contribution in [2.75, 3.05) is 6.61 Å². The summed E-state index contributed by atoms with van der Waals surface area (Å²) in [6.45, 7) is 2.96. The van der Waals surface area contributed by atoms with Gasteiger partial charge in [0.25, 0.3) is 0 Å². The van der Waals surface area contributed by atoms with E-state index >= 15 is 0 Å². The lowest BCUT2D eigenvalue weighted by molar-refractivity contribution is -0.0467. The quantitative estimate of drug-likeness (QED) is 0.451. The van der Waals surface area contributed by atoms with Gasteiger partial charge in [-0.1, -0.05) is 5.16 Å². The van der Waals surface area contributed by atoms with E-state index in [0.717, 1.165) is 0 Å². The Labute approximate surface area is 164 Å². The summed E-state index contributed by atoms with van der Waals surface area (Å²) < 4.78 is 38.6. The minimum atomic E-state index is -4.22. The van der Waals surface area contributed by atoms with Crippen LogP contribution in [0.25, 0.3) is 22.4 Å². The molecule has 0 bridgehead atoms. The molecule has 0 radical (unpaired) electrons. The monoisotopic (exact) mass is 426 g/mol. The van der Waals surface area contributed by atoms with Gasteiger partial charge in [0.2, 0.25) is 0 Å². The lowest BCUT2D eigenvalue weighted by Crippen LogP contribution is -2.35. The van der Waals surface area contributed by atoms with E-state index in [-0.39, 0.29) is 0 Å². The van der Waals surface area contributed by atoms with Crippen molar-refractivity contribution in [3.63, 3.8) is 0 Å². The van der Waals surface area contributed by atoms with Gasteiger partial charge < -0.3 is 19.5 Å². The van der Waals surface area contributed by atoms with Crippen LogP contribution in [0, 0.1) is 13.8 Å². The van der Waals surface area contributed by atoms with E-state index in [4.69, 9.17) is 14.4 Å². The Morgan fingerprint density at radius 1 is 1.24 bits per heavy atom. The highest BCUT2D eigenvalue weighted by molar-refractivity contribution is 7.84. The summed E-state index contributed by atoms with van der Waals surface area (Å²) in [5.74, 6) is 0.560. The molecule has 1 saturated heterocycles. The topological polar surface area (TPSA) is 189 Å². The molecule has 1 aliphatic rings. The zero-order valence-corrected chi connectivity index (χ0v) is 16.1. The average Bonchev–Trinajstić information content (AvgIpc) is 3.30. The van der Waals surface area contributed by atoms with Gasteiger partial charge in [0.15, 0.2) is 11.9 Å². The predicted octanol–water partition coefficient (Wildman–Crippen LogP) is -1.06. The molecule has 0 unspecified atom stereocenters. The van der Waals surface area contributed by atoms with Crippen LogP contribution in [0.4, 0.5) is 0 Å². The number of aromatic nitrogens is 5. The van der Waals surface area contributed by atoms with Crippen LogP contribution in [0.15, 0.2) is 17.2 Å². The maximum absolute atomic E-state index is 11.0. The molecule has 4 atom stereocenters. The molecule has 1 aliphatic heterocycles. The van der Waals surface area contributed by atoms with Crippen LogP contribution in [0.5, 0.6) is 0 Å². The van der Waals surface area contributed by atoms with Crippen molar-refractivity contribution < 1.29 is 32.1 Å². The Kier molecular flexibility index (Phi) is 4.84. The van der Waals surface area contributed by atoms with E-state index in [2.05, 4.69) is 24.3 Å². The minimum absolute atomic E-state index is 0.333. The summed E-state index contributed by atoms with van der Waals surface area (Å²) in [6.07, 6.45) is -2.32. The van der Waals surface area contributed by atoms with Crippen LogP contribution in [-0.4, -0.2) is 68.2 Å². The maximum atomic E-state index is 11.0. The first kappa shape index (κ1) is 19.8. The van der Waals surface area contributed by atoms with E-state index in [0.29, 0.717) is 33.9 Å². The Morgan fingerprint density at radius 2 is 2.00 bits per heavy atom. The number of nitrogens with zero attached hydrogens (tertiary/aromatic N) is 5. The first-order valence-electron chi connectivity index (χ1n) is 8.47. The van der Waals surface area contributed by atoms with Crippen molar-refractivity contribution in [1.82, 2.24) is 24.7 Å². The second-order valence-corrected chi connectivity index (χ2v) is 7.79. The van der Waals surface area contributed by atoms with Gasteiger partial charge >= 0.3 is 10.3 Å². The lowest BCUT2D eigenvalue weighted by atomic mass is 10.1. The van der Waals surface area contributed by atoms with Gasteiger partial charge in [-0.25, -0.2) is 20.1 Å². The highest BCUT2D eigenvalue weighted by atomic mass is 32.2. The molecule has 0 aromatic carbocycles. The molecule has 4 rings (SSSR count). The Balaban J connectivity index is 1.70. The summed E-state index contributed by atoms with van der Waals surface area (Å²) >= 11 is 0. The number of hydrogen-bond donors (Lipinski definition) is 3. The number of imidazole rings is 1. The van der Waals surface area contributed by atoms with Gasteiger partial charge in [-0.2, -0.15) is 8.42 Å². The molecule has 4 N–H and O–H groups in total. The number of nitrogens with two attached hydrogens (primary N) is 1. The van der Waals surface area contributed by atoms with Crippen molar-refractivity contribution in [2.24, 2.45) is 5.14 Å². The van der Waals surface area contributed by atoms with E-state index in [9.17, 15) is 18.6 Å². The molecule has 4 heterocycles. The molecular formula is C15H18N6O7S.